The van der Waals surface area contributed by atoms with Crippen LogP contribution >= 0.6 is 0 Å². The first-order chi connectivity index (χ1) is 13.5. The molecule has 0 aliphatic rings. The van der Waals surface area contributed by atoms with Crippen LogP contribution in [0.3, 0.4) is 0 Å². The Morgan fingerprint density at radius 1 is 1.24 bits per heavy atom. The summed E-state index contributed by atoms with van der Waals surface area (Å²) in [5.41, 5.74) is -0.324. The second kappa shape index (κ2) is 8.93. The molecule has 1 aromatic heterocycles. The molecular formula is C17H19F4N3O4S. The van der Waals surface area contributed by atoms with E-state index in [4.69, 9.17) is 4.74 Å². The third kappa shape index (κ3) is 5.55. The number of carbonyl (C=O) groups is 1. The van der Waals surface area contributed by atoms with Crippen molar-refractivity contribution >= 4 is 21.6 Å². The Kier molecular flexibility index (Phi) is 7.03. The second-order valence-electron chi connectivity index (χ2n) is 6.05. The molecule has 0 radical (unpaired) electrons. The minimum atomic E-state index is -4.89. The highest BCUT2D eigenvalue weighted by atomic mass is 32.2. The number of benzene rings is 1. The molecule has 0 fully saturated rings. The molecule has 0 saturated heterocycles. The molecule has 0 saturated carbocycles. The summed E-state index contributed by atoms with van der Waals surface area (Å²) in [5, 5.41) is 2.41. The summed E-state index contributed by atoms with van der Waals surface area (Å²) >= 11 is 0. The highest BCUT2D eigenvalue weighted by Crippen LogP contribution is 2.25. The highest BCUT2D eigenvalue weighted by Gasteiger charge is 2.40. The Labute approximate surface area is 164 Å². The van der Waals surface area contributed by atoms with Crippen LogP contribution in [0.5, 0.6) is 0 Å². The number of aromatic nitrogens is 1. The molecule has 29 heavy (non-hydrogen) atoms. The van der Waals surface area contributed by atoms with Crippen molar-refractivity contribution in [1.82, 2.24) is 9.29 Å². The van der Waals surface area contributed by atoms with Crippen molar-refractivity contribution in [3.63, 3.8) is 0 Å². The van der Waals surface area contributed by atoms with Gasteiger partial charge in [-0.2, -0.15) is 17.9 Å². The smallest absolute Gasteiger partial charge is 0.383 e. The summed E-state index contributed by atoms with van der Waals surface area (Å²) in [4.78, 5) is 11.5. The summed E-state index contributed by atoms with van der Waals surface area (Å²) in [7, 11) is -3.55. The Bertz CT molecular complexity index is 959. The number of methoxy groups -OCH3 is 1. The number of hydrogen-bond donors (Lipinski definition) is 2. The normalized spacial score (nSPS) is 13.3. The van der Waals surface area contributed by atoms with Gasteiger partial charge in [-0.25, -0.2) is 12.8 Å². The summed E-state index contributed by atoms with van der Waals surface area (Å²) in [6, 6.07) is 5.54. The molecule has 160 valence electrons. The van der Waals surface area contributed by atoms with E-state index in [-0.39, 0.29) is 13.2 Å². The van der Waals surface area contributed by atoms with Crippen LogP contribution in [0.1, 0.15) is 17.4 Å². The van der Waals surface area contributed by atoms with Gasteiger partial charge in [0.05, 0.1) is 6.61 Å². The minimum Gasteiger partial charge on any atom is -0.383 e. The van der Waals surface area contributed by atoms with E-state index in [2.05, 4.69) is 5.32 Å². The van der Waals surface area contributed by atoms with Crippen molar-refractivity contribution in [2.24, 2.45) is 0 Å². The summed E-state index contributed by atoms with van der Waals surface area (Å²) < 4.78 is 84.8. The molecule has 12 heteroatoms. The van der Waals surface area contributed by atoms with Gasteiger partial charge in [-0.15, -0.1) is 0 Å². The fraction of sp³-hybridized carbons (Fsp3) is 0.353. The quantitative estimate of drug-likeness (QED) is 0.622. The lowest BCUT2D eigenvalue weighted by atomic mass is 10.3. The maximum atomic E-state index is 14.9. The lowest BCUT2D eigenvalue weighted by molar-refractivity contribution is -0.147. The van der Waals surface area contributed by atoms with Crippen molar-refractivity contribution < 1.29 is 35.5 Å². The number of carbonyl (C=O) groups excluding carboxylic acids is 1. The van der Waals surface area contributed by atoms with E-state index < -0.39 is 44.6 Å². The number of para-hydroxylation sites is 1. The van der Waals surface area contributed by atoms with Gasteiger partial charge in [0, 0.05) is 25.5 Å². The van der Waals surface area contributed by atoms with Gasteiger partial charge >= 0.3 is 6.18 Å². The zero-order valence-corrected chi connectivity index (χ0v) is 16.3. The number of halogens is 4. The topological polar surface area (TPSA) is 89.4 Å². The molecule has 1 amide bonds. The zero-order valence-electron chi connectivity index (χ0n) is 15.5. The molecule has 0 aliphatic heterocycles. The van der Waals surface area contributed by atoms with Crippen LogP contribution in [0.15, 0.2) is 41.4 Å². The number of nitrogens with zero attached hydrogens (tertiary/aromatic N) is 1. The third-order valence-electron chi connectivity index (χ3n) is 3.88. The molecule has 1 atom stereocenters. The molecule has 0 unspecified atom stereocenters. The van der Waals surface area contributed by atoms with Crippen LogP contribution < -0.4 is 10.0 Å². The predicted octanol–water partition coefficient (Wildman–Crippen LogP) is 2.76. The van der Waals surface area contributed by atoms with Gasteiger partial charge in [0.2, 0.25) is 10.0 Å². The molecule has 1 aromatic carbocycles. The number of hydrogen-bond acceptors (Lipinski definition) is 4. The number of anilines is 1. The fourth-order valence-corrected chi connectivity index (χ4v) is 3.69. The van der Waals surface area contributed by atoms with Crippen molar-refractivity contribution in [2.75, 3.05) is 19.0 Å². The van der Waals surface area contributed by atoms with Crippen molar-refractivity contribution in [3.8, 4) is 0 Å². The van der Waals surface area contributed by atoms with E-state index in [1.807, 2.05) is 0 Å². The number of amides is 1. The number of rotatable bonds is 8. The Hall–Kier alpha value is -2.44. The molecule has 1 heterocycles. The first kappa shape index (κ1) is 22.8. The average Bonchev–Trinajstić information content (AvgIpc) is 2.97. The monoisotopic (exact) mass is 437 g/mol. The molecule has 7 nitrogen and oxygen atoms in total. The number of ether oxygens (including phenoxy) is 1. The fourth-order valence-electron chi connectivity index (χ4n) is 2.36. The number of alkyl halides is 3. The van der Waals surface area contributed by atoms with Gasteiger partial charge in [-0.05, 0) is 19.1 Å². The van der Waals surface area contributed by atoms with Crippen LogP contribution in [0.25, 0.3) is 0 Å². The highest BCUT2D eigenvalue weighted by molar-refractivity contribution is 7.89. The molecule has 0 aliphatic carbocycles. The molecular weight excluding hydrogens is 418 g/mol. The summed E-state index contributed by atoms with van der Waals surface area (Å²) in [6.45, 7) is 0.487. The van der Waals surface area contributed by atoms with Crippen LogP contribution in [0.2, 0.25) is 0 Å². The Balaban J connectivity index is 2.43. The van der Waals surface area contributed by atoms with E-state index in [1.165, 1.54) is 24.0 Å². The van der Waals surface area contributed by atoms with Gasteiger partial charge in [-0.3, -0.25) is 4.79 Å². The second-order valence-corrected chi connectivity index (χ2v) is 7.73. The molecule has 2 aromatic rings. The average molecular weight is 437 g/mol. The largest absolute Gasteiger partial charge is 0.404 e. The van der Waals surface area contributed by atoms with E-state index in [0.717, 1.165) is 10.8 Å². The first-order valence-electron chi connectivity index (χ1n) is 8.30. The minimum absolute atomic E-state index is 0.00556. The zero-order chi connectivity index (χ0) is 21.8. The maximum Gasteiger partial charge on any atom is 0.404 e. The van der Waals surface area contributed by atoms with Gasteiger partial charge in [0.1, 0.15) is 16.6 Å². The van der Waals surface area contributed by atoms with Gasteiger partial charge in [0.25, 0.3) is 5.91 Å². The van der Waals surface area contributed by atoms with Crippen molar-refractivity contribution in [1.29, 1.82) is 0 Å². The van der Waals surface area contributed by atoms with E-state index in [9.17, 15) is 30.8 Å². The molecule has 2 rings (SSSR count). The molecule has 0 bridgehead atoms. The lowest BCUT2D eigenvalue weighted by Gasteiger charge is -2.16. The van der Waals surface area contributed by atoms with Gasteiger partial charge in [-0.1, -0.05) is 18.2 Å². The Morgan fingerprint density at radius 2 is 1.86 bits per heavy atom. The maximum absolute atomic E-state index is 14.9. The van der Waals surface area contributed by atoms with Crippen LogP contribution in [0.4, 0.5) is 23.2 Å². The first-order valence-corrected chi connectivity index (χ1v) is 9.78. The van der Waals surface area contributed by atoms with Gasteiger partial charge in [0.15, 0.2) is 5.82 Å². The predicted molar refractivity (Wildman–Crippen MR) is 96.5 cm³/mol. The van der Waals surface area contributed by atoms with Crippen molar-refractivity contribution in [2.45, 2.75) is 30.6 Å². The van der Waals surface area contributed by atoms with E-state index in [1.54, 1.807) is 18.2 Å². The van der Waals surface area contributed by atoms with Crippen LogP contribution in [-0.2, 0) is 21.3 Å². The number of sulfonamides is 1. The molecule has 2 N–H and O–H groups in total. The Morgan fingerprint density at radius 3 is 2.41 bits per heavy atom. The number of nitrogens with one attached hydrogen (secondary N) is 2. The van der Waals surface area contributed by atoms with Gasteiger partial charge < -0.3 is 14.6 Å². The SMILES string of the molecule is COCCn1cc(S(=O)(=O)N[C@H](C)C(F)(F)F)c(F)c1C(=O)Nc1ccccc1. The third-order valence-corrected chi connectivity index (χ3v) is 5.41. The lowest BCUT2D eigenvalue weighted by Crippen LogP contribution is -2.43. The summed E-state index contributed by atoms with van der Waals surface area (Å²) in [5.74, 6) is -2.42. The van der Waals surface area contributed by atoms with E-state index >= 15 is 0 Å². The van der Waals surface area contributed by atoms with Crippen molar-refractivity contribution in [3.05, 3.63) is 48.0 Å². The van der Waals surface area contributed by atoms with Crippen LogP contribution in [-0.4, -0.2) is 44.8 Å². The molecule has 0 spiro atoms. The van der Waals surface area contributed by atoms with Crippen LogP contribution in [0, 0.1) is 5.82 Å². The standard InChI is InChI=1S/C17H19F4N3O4S/c1-11(17(19,20)21)23-29(26,27)13-10-24(8-9-28-2)15(14(13)18)16(25)22-12-6-4-3-5-7-12/h3-7,10-11,23H,8-9H2,1-2H3,(H,22,25)/t11-/m1/s1. The van der Waals surface area contributed by atoms with E-state index in [0.29, 0.717) is 12.6 Å². The summed E-state index contributed by atoms with van der Waals surface area (Å²) in [6.07, 6.45) is -4.10.